The van der Waals surface area contributed by atoms with Gasteiger partial charge in [-0.15, -0.1) is 0 Å². The fourth-order valence-electron chi connectivity index (χ4n) is 2.89. The molecule has 0 saturated carbocycles. The van der Waals surface area contributed by atoms with Crippen LogP contribution in [0, 0.1) is 20.8 Å². The molecule has 132 valence electrons. The predicted molar refractivity (Wildman–Crippen MR) is 98.7 cm³/mol. The number of nitrogens with one attached hydrogen (secondary N) is 1. The van der Waals surface area contributed by atoms with Crippen molar-refractivity contribution in [1.82, 2.24) is 5.32 Å². The molecule has 2 rings (SSSR count). The summed E-state index contributed by atoms with van der Waals surface area (Å²) in [6, 6.07) is 13.5. The van der Waals surface area contributed by atoms with Crippen LogP contribution in [0.3, 0.4) is 0 Å². The highest BCUT2D eigenvalue weighted by Gasteiger charge is 2.17. The van der Waals surface area contributed by atoms with E-state index in [2.05, 4.69) is 5.32 Å². The molecule has 1 atom stereocenters. The average molecular weight is 339 g/mol. The molecular formula is C21H25NO3. The highest BCUT2D eigenvalue weighted by molar-refractivity contribution is 5.80. The minimum atomic E-state index is -0.913. The number of carboxylic acid groups (broad SMARTS) is 1. The van der Waals surface area contributed by atoms with Crippen LogP contribution in [0.4, 0.5) is 0 Å². The molecule has 25 heavy (non-hydrogen) atoms. The van der Waals surface area contributed by atoms with Crippen LogP contribution in [0.1, 0.15) is 34.2 Å². The highest BCUT2D eigenvalue weighted by atomic mass is 16.4. The zero-order valence-corrected chi connectivity index (χ0v) is 15.0. The second-order valence-electron chi connectivity index (χ2n) is 6.66. The van der Waals surface area contributed by atoms with Gasteiger partial charge < -0.3 is 10.4 Å². The van der Waals surface area contributed by atoms with E-state index in [1.54, 1.807) is 0 Å². The minimum absolute atomic E-state index is 0.0908. The second-order valence-corrected chi connectivity index (χ2v) is 6.66. The fraction of sp³-hybridized carbons (Fsp3) is 0.333. The minimum Gasteiger partial charge on any atom is -0.481 e. The third-order valence-corrected chi connectivity index (χ3v) is 4.24. The first kappa shape index (κ1) is 18.7. The van der Waals surface area contributed by atoms with Crippen molar-refractivity contribution < 1.29 is 14.7 Å². The average Bonchev–Trinajstić information content (AvgIpc) is 2.51. The molecule has 4 heteroatoms. The third kappa shape index (κ3) is 6.07. The Bertz CT molecular complexity index is 750. The van der Waals surface area contributed by atoms with Gasteiger partial charge in [0, 0.05) is 6.04 Å². The number of benzene rings is 2. The third-order valence-electron chi connectivity index (χ3n) is 4.24. The lowest BCUT2D eigenvalue weighted by molar-refractivity contribution is -0.137. The Morgan fingerprint density at radius 3 is 2.24 bits per heavy atom. The van der Waals surface area contributed by atoms with E-state index in [0.29, 0.717) is 6.42 Å². The summed E-state index contributed by atoms with van der Waals surface area (Å²) in [7, 11) is 0. The van der Waals surface area contributed by atoms with Crippen LogP contribution in [-0.4, -0.2) is 23.0 Å². The van der Waals surface area contributed by atoms with Crippen LogP contribution in [0.15, 0.2) is 42.5 Å². The first-order valence-electron chi connectivity index (χ1n) is 8.46. The SMILES string of the molecule is Cc1ccc(C[C@@H](CC(=O)O)NC(=O)Cc2ccc(C)cc2C)cc1. The van der Waals surface area contributed by atoms with Gasteiger partial charge in [-0.2, -0.15) is 0 Å². The van der Waals surface area contributed by atoms with E-state index in [1.165, 1.54) is 0 Å². The van der Waals surface area contributed by atoms with Gasteiger partial charge in [0.2, 0.25) is 5.91 Å². The molecule has 0 aliphatic carbocycles. The number of hydrogen-bond acceptors (Lipinski definition) is 2. The first-order chi connectivity index (χ1) is 11.8. The molecule has 0 spiro atoms. The summed E-state index contributed by atoms with van der Waals surface area (Å²) < 4.78 is 0. The van der Waals surface area contributed by atoms with E-state index >= 15 is 0 Å². The molecule has 2 N–H and O–H groups in total. The Morgan fingerprint density at radius 1 is 1.00 bits per heavy atom. The molecule has 0 aliphatic heterocycles. The van der Waals surface area contributed by atoms with Crippen molar-refractivity contribution in [3.63, 3.8) is 0 Å². The Kier molecular flexibility index (Phi) is 6.34. The molecule has 0 fully saturated rings. The summed E-state index contributed by atoms with van der Waals surface area (Å²) in [6.45, 7) is 6.00. The van der Waals surface area contributed by atoms with E-state index in [-0.39, 0.29) is 18.7 Å². The summed E-state index contributed by atoms with van der Waals surface area (Å²) in [4.78, 5) is 23.5. The molecule has 2 aromatic rings. The summed E-state index contributed by atoms with van der Waals surface area (Å²) in [5.74, 6) is -1.06. The van der Waals surface area contributed by atoms with Crippen LogP contribution < -0.4 is 5.32 Å². The quantitative estimate of drug-likeness (QED) is 0.813. The molecule has 0 unspecified atom stereocenters. The summed E-state index contributed by atoms with van der Waals surface area (Å²) in [5, 5.41) is 12.0. The normalized spacial score (nSPS) is 11.8. The van der Waals surface area contributed by atoms with Gasteiger partial charge in [0.1, 0.15) is 0 Å². The van der Waals surface area contributed by atoms with Gasteiger partial charge in [-0.3, -0.25) is 9.59 Å². The first-order valence-corrected chi connectivity index (χ1v) is 8.46. The molecule has 0 aliphatic rings. The fourth-order valence-corrected chi connectivity index (χ4v) is 2.89. The maximum Gasteiger partial charge on any atom is 0.305 e. The Balaban J connectivity index is 2.03. The summed E-state index contributed by atoms with van der Waals surface area (Å²) in [5.41, 5.74) is 5.36. The summed E-state index contributed by atoms with van der Waals surface area (Å²) in [6.07, 6.45) is 0.674. The number of aryl methyl sites for hydroxylation is 3. The Hall–Kier alpha value is -2.62. The van der Waals surface area contributed by atoms with Gasteiger partial charge >= 0.3 is 5.97 Å². The van der Waals surface area contributed by atoms with Crippen molar-refractivity contribution in [3.05, 3.63) is 70.3 Å². The molecule has 1 amide bonds. The zero-order valence-electron chi connectivity index (χ0n) is 15.0. The number of carboxylic acids is 1. The molecule has 4 nitrogen and oxygen atoms in total. The van der Waals surface area contributed by atoms with Gasteiger partial charge in [0.05, 0.1) is 12.8 Å². The molecule has 0 aromatic heterocycles. The summed E-state index contributed by atoms with van der Waals surface area (Å²) >= 11 is 0. The maximum absolute atomic E-state index is 12.4. The molecule has 0 saturated heterocycles. The second kappa shape index (κ2) is 8.47. The van der Waals surface area contributed by atoms with Crippen LogP contribution in [0.2, 0.25) is 0 Å². The number of carbonyl (C=O) groups excluding carboxylic acids is 1. The smallest absolute Gasteiger partial charge is 0.305 e. The zero-order chi connectivity index (χ0) is 18.4. The predicted octanol–water partition coefficient (Wildman–Crippen LogP) is 3.36. The van der Waals surface area contributed by atoms with Gasteiger partial charge in [0.15, 0.2) is 0 Å². The lowest BCUT2D eigenvalue weighted by atomic mass is 10.0. The highest BCUT2D eigenvalue weighted by Crippen LogP contribution is 2.12. The number of amides is 1. The molecule has 0 radical (unpaired) electrons. The van der Waals surface area contributed by atoms with Gasteiger partial charge in [-0.25, -0.2) is 0 Å². The van der Waals surface area contributed by atoms with E-state index < -0.39 is 12.0 Å². The van der Waals surface area contributed by atoms with E-state index in [1.807, 2.05) is 63.2 Å². The lowest BCUT2D eigenvalue weighted by Gasteiger charge is -2.18. The van der Waals surface area contributed by atoms with Crippen molar-refractivity contribution in [3.8, 4) is 0 Å². The monoisotopic (exact) mass is 339 g/mol. The van der Waals surface area contributed by atoms with Gasteiger partial charge in [0.25, 0.3) is 0 Å². The molecular weight excluding hydrogens is 314 g/mol. The van der Waals surface area contributed by atoms with Crippen LogP contribution in [0.25, 0.3) is 0 Å². The van der Waals surface area contributed by atoms with Crippen molar-refractivity contribution in [2.75, 3.05) is 0 Å². The van der Waals surface area contributed by atoms with Gasteiger partial charge in [-0.1, -0.05) is 53.6 Å². The van der Waals surface area contributed by atoms with Crippen LogP contribution in [-0.2, 0) is 22.4 Å². The van der Waals surface area contributed by atoms with Crippen molar-refractivity contribution in [1.29, 1.82) is 0 Å². The topological polar surface area (TPSA) is 66.4 Å². The number of hydrogen-bond donors (Lipinski definition) is 2. The van der Waals surface area contributed by atoms with Gasteiger partial charge in [-0.05, 0) is 43.9 Å². The number of carbonyl (C=O) groups is 2. The van der Waals surface area contributed by atoms with Crippen LogP contribution >= 0.6 is 0 Å². The van der Waals surface area contributed by atoms with E-state index in [4.69, 9.17) is 5.11 Å². The van der Waals surface area contributed by atoms with Crippen molar-refractivity contribution >= 4 is 11.9 Å². The standard InChI is InChI=1S/C21H25NO3/c1-14-4-7-17(8-5-14)11-19(13-21(24)25)22-20(23)12-18-9-6-15(2)10-16(18)3/h4-10,19H,11-13H2,1-3H3,(H,22,23)(H,24,25)/t19-/m0/s1. The number of rotatable bonds is 7. The van der Waals surface area contributed by atoms with Crippen LogP contribution in [0.5, 0.6) is 0 Å². The Morgan fingerprint density at radius 2 is 1.64 bits per heavy atom. The molecule has 0 heterocycles. The van der Waals surface area contributed by atoms with E-state index in [0.717, 1.165) is 27.8 Å². The van der Waals surface area contributed by atoms with Crippen molar-refractivity contribution in [2.45, 2.75) is 46.1 Å². The maximum atomic E-state index is 12.4. The largest absolute Gasteiger partial charge is 0.481 e. The molecule has 0 bridgehead atoms. The molecule has 2 aromatic carbocycles. The lowest BCUT2D eigenvalue weighted by Crippen LogP contribution is -2.39. The Labute approximate surface area is 148 Å². The van der Waals surface area contributed by atoms with E-state index in [9.17, 15) is 9.59 Å². The van der Waals surface area contributed by atoms with Crippen molar-refractivity contribution in [2.24, 2.45) is 0 Å². The number of aliphatic carboxylic acids is 1.